The number of nitrogens with zero attached hydrogens (tertiary/aromatic N) is 2. The number of hydrogen-bond donors (Lipinski definition) is 3. The number of hydrogen-bond acceptors (Lipinski definition) is 6. The van der Waals surface area contributed by atoms with E-state index in [-0.39, 0.29) is 27.8 Å². The van der Waals surface area contributed by atoms with Crippen molar-refractivity contribution in [1.82, 2.24) is 15.3 Å². The Morgan fingerprint density at radius 3 is 2.23 bits per heavy atom. The Balaban J connectivity index is 1.78. The van der Waals surface area contributed by atoms with Crippen LogP contribution in [0.25, 0.3) is 22.2 Å². The minimum Gasteiger partial charge on any atom is -0.494 e. The summed E-state index contributed by atoms with van der Waals surface area (Å²) in [7, 11) is 1.21. The predicted octanol–water partition coefficient (Wildman–Crippen LogP) is 5.93. The van der Waals surface area contributed by atoms with Crippen LogP contribution in [0.15, 0.2) is 54.7 Å². The van der Waals surface area contributed by atoms with Gasteiger partial charge in [-0.2, -0.15) is 13.2 Å². The van der Waals surface area contributed by atoms with Gasteiger partial charge in [0, 0.05) is 33.8 Å². The third-order valence-electron chi connectivity index (χ3n) is 6.64. The van der Waals surface area contributed by atoms with Crippen molar-refractivity contribution in [2.24, 2.45) is 0 Å². The third-order valence-corrected chi connectivity index (χ3v) is 6.64. The van der Waals surface area contributed by atoms with Crippen LogP contribution in [0.2, 0.25) is 0 Å². The van der Waals surface area contributed by atoms with Crippen molar-refractivity contribution in [1.29, 1.82) is 0 Å². The molecule has 0 bridgehead atoms. The summed E-state index contributed by atoms with van der Waals surface area (Å²) in [5, 5.41) is 23.5. The first-order valence-corrected chi connectivity index (χ1v) is 12.5. The molecule has 2 heterocycles. The number of rotatable bonds is 8. The summed E-state index contributed by atoms with van der Waals surface area (Å²) in [6.07, 6.45) is -7.48. The van der Waals surface area contributed by atoms with E-state index in [1.165, 1.54) is 7.11 Å². The van der Waals surface area contributed by atoms with E-state index in [1.54, 1.807) is 0 Å². The summed E-state index contributed by atoms with van der Waals surface area (Å²) in [5.74, 6) is -3.12. The Labute approximate surface area is 240 Å². The van der Waals surface area contributed by atoms with Crippen LogP contribution in [0.4, 0.5) is 30.7 Å². The van der Waals surface area contributed by atoms with Gasteiger partial charge in [-0.15, -0.1) is 0 Å². The van der Waals surface area contributed by atoms with E-state index in [4.69, 9.17) is 4.74 Å². The van der Waals surface area contributed by atoms with Crippen molar-refractivity contribution in [3.8, 4) is 17.0 Å². The molecule has 0 saturated heterocycles. The van der Waals surface area contributed by atoms with Crippen molar-refractivity contribution < 1.29 is 50.5 Å². The minimum atomic E-state index is -5.50. The van der Waals surface area contributed by atoms with Gasteiger partial charge in [-0.1, -0.05) is 0 Å². The molecule has 1 atom stereocenters. The van der Waals surface area contributed by atoms with Gasteiger partial charge in [-0.3, -0.25) is 9.78 Å². The van der Waals surface area contributed by atoms with Crippen LogP contribution in [-0.2, 0) is 11.2 Å². The molecule has 0 aliphatic rings. The lowest BCUT2D eigenvalue weighted by atomic mass is 9.90. The second-order valence-electron chi connectivity index (χ2n) is 10.1. The number of amides is 1. The Morgan fingerprint density at radius 1 is 1.02 bits per heavy atom. The molecule has 228 valence electrons. The highest BCUT2D eigenvalue weighted by atomic mass is 19.4. The number of fused-ring (bicyclic) bond motifs is 1. The lowest BCUT2D eigenvalue weighted by Crippen LogP contribution is -2.51. The monoisotopic (exact) mass is 611 g/mol. The average molecular weight is 612 g/mol. The summed E-state index contributed by atoms with van der Waals surface area (Å²) in [6, 6.07) is 7.72. The number of aliphatic hydroxyl groups is 2. The molecule has 0 aliphatic carbocycles. The smallest absolute Gasteiger partial charge is 0.424 e. The topological polar surface area (TPSA) is 105 Å². The van der Waals surface area contributed by atoms with E-state index < -0.39 is 70.4 Å². The van der Waals surface area contributed by atoms with E-state index in [2.05, 4.69) is 9.97 Å². The number of methoxy groups -OCH3 is 1. The number of nitrogens with one attached hydrogen (secondary N) is 1. The van der Waals surface area contributed by atoms with Gasteiger partial charge in [0.25, 0.3) is 12.3 Å². The van der Waals surface area contributed by atoms with E-state index in [1.807, 2.05) is 5.32 Å². The van der Waals surface area contributed by atoms with Crippen LogP contribution in [0, 0.1) is 11.6 Å². The summed E-state index contributed by atoms with van der Waals surface area (Å²) in [4.78, 5) is 20.6. The summed E-state index contributed by atoms with van der Waals surface area (Å²) in [6.45, 7) is 0.663. The molecule has 0 spiro atoms. The second kappa shape index (κ2) is 11.4. The first-order valence-electron chi connectivity index (χ1n) is 12.5. The van der Waals surface area contributed by atoms with Crippen LogP contribution >= 0.6 is 0 Å². The molecular formula is C29H24F7N3O4. The maximum atomic E-state index is 15.4. The fourth-order valence-corrected chi connectivity index (χ4v) is 4.27. The molecule has 14 heteroatoms. The molecular weight excluding hydrogens is 587 g/mol. The molecule has 0 unspecified atom stereocenters. The summed E-state index contributed by atoms with van der Waals surface area (Å²) < 4.78 is 104. The van der Waals surface area contributed by atoms with Gasteiger partial charge in [0.15, 0.2) is 5.82 Å². The van der Waals surface area contributed by atoms with E-state index in [0.29, 0.717) is 6.07 Å². The first-order chi connectivity index (χ1) is 20.0. The van der Waals surface area contributed by atoms with E-state index >= 15 is 4.39 Å². The van der Waals surface area contributed by atoms with Crippen molar-refractivity contribution in [2.45, 2.75) is 37.7 Å². The quantitative estimate of drug-likeness (QED) is 0.214. The average Bonchev–Trinajstić information content (AvgIpc) is 2.94. The number of ether oxygens (including phenoxy) is 1. The molecule has 2 aromatic heterocycles. The molecule has 4 aromatic rings. The first kappa shape index (κ1) is 31.6. The summed E-state index contributed by atoms with van der Waals surface area (Å²) >= 11 is 0. The molecule has 7 nitrogen and oxygen atoms in total. The maximum Gasteiger partial charge on any atom is 0.424 e. The van der Waals surface area contributed by atoms with Crippen LogP contribution in [-0.4, -0.2) is 45.9 Å². The number of carbonyl (C=O) groups excluding carboxylic acids is 1. The fraction of sp³-hybridized carbons (Fsp3) is 0.276. The highest BCUT2D eigenvalue weighted by Gasteiger charge is 2.57. The molecule has 0 saturated carbocycles. The highest BCUT2D eigenvalue weighted by Crippen LogP contribution is 2.41. The van der Waals surface area contributed by atoms with E-state index in [9.17, 15) is 41.4 Å². The van der Waals surface area contributed by atoms with Crippen molar-refractivity contribution in [3.05, 3.63) is 88.7 Å². The number of pyridine rings is 2. The fourth-order valence-electron chi connectivity index (χ4n) is 4.27. The Morgan fingerprint density at radius 2 is 1.67 bits per heavy atom. The standard InChI is InChI=1S/C29H24F7N3O4/c1-27(2,41)19-11-21(39-24(22(19)31)14-4-6-18(30)7-5-14)28(42,29(34,35)36)13-38-26(40)16-8-15-9-17(25(32)33)12-37-23(15)20(10-16)43-3/h4-12,25,41-42H,13H2,1-3H3,(H,38,40)/t28-/m0/s1. The highest BCUT2D eigenvalue weighted by molar-refractivity contribution is 6.00. The number of aromatic nitrogens is 2. The minimum absolute atomic E-state index is 0.0338. The number of alkyl halides is 5. The molecule has 43 heavy (non-hydrogen) atoms. The van der Waals surface area contributed by atoms with Crippen LogP contribution in [0.1, 0.15) is 47.5 Å². The maximum absolute atomic E-state index is 15.4. The van der Waals surface area contributed by atoms with Crippen LogP contribution < -0.4 is 10.1 Å². The molecule has 4 rings (SSSR count). The zero-order valence-corrected chi connectivity index (χ0v) is 22.7. The number of benzene rings is 2. The van der Waals surface area contributed by atoms with Crippen molar-refractivity contribution >= 4 is 16.8 Å². The Kier molecular flexibility index (Phi) is 8.40. The number of carbonyl (C=O) groups is 1. The van der Waals surface area contributed by atoms with Gasteiger partial charge in [0.1, 0.15) is 22.8 Å². The largest absolute Gasteiger partial charge is 0.494 e. The Bertz CT molecular complexity index is 1670. The molecule has 3 N–H and O–H groups in total. The van der Waals surface area contributed by atoms with Gasteiger partial charge in [0.05, 0.1) is 24.9 Å². The van der Waals surface area contributed by atoms with Crippen LogP contribution in [0.3, 0.4) is 0 Å². The zero-order chi connectivity index (χ0) is 31.9. The molecule has 2 aromatic carbocycles. The molecule has 0 radical (unpaired) electrons. The van der Waals surface area contributed by atoms with Crippen molar-refractivity contribution in [3.63, 3.8) is 0 Å². The van der Waals surface area contributed by atoms with Gasteiger partial charge < -0.3 is 20.3 Å². The molecule has 1 amide bonds. The lowest BCUT2D eigenvalue weighted by Gasteiger charge is -2.32. The number of halogens is 7. The molecule has 0 fully saturated rings. The third kappa shape index (κ3) is 6.25. The normalized spacial score (nSPS) is 13.7. The predicted molar refractivity (Wildman–Crippen MR) is 140 cm³/mol. The van der Waals surface area contributed by atoms with Gasteiger partial charge in [-0.05, 0) is 62.4 Å². The SMILES string of the molecule is COc1cc(C(=O)NC[C@](O)(c2cc(C(C)(C)O)c(F)c(-c3ccc(F)cc3)n2)C(F)(F)F)cc2cc(C(F)F)cnc12. The zero-order valence-electron chi connectivity index (χ0n) is 22.7. The lowest BCUT2D eigenvalue weighted by molar-refractivity contribution is -0.265. The van der Waals surface area contributed by atoms with Crippen LogP contribution in [0.5, 0.6) is 5.75 Å². The van der Waals surface area contributed by atoms with Gasteiger partial charge >= 0.3 is 6.18 Å². The van der Waals surface area contributed by atoms with Gasteiger partial charge in [-0.25, -0.2) is 22.5 Å². The molecule has 0 aliphatic heterocycles. The summed E-state index contributed by atoms with van der Waals surface area (Å²) in [5.41, 5.74) is -9.34. The Hall–Kier alpha value is -4.30. The second-order valence-corrected chi connectivity index (χ2v) is 10.1. The van der Waals surface area contributed by atoms with Crippen molar-refractivity contribution in [2.75, 3.05) is 13.7 Å². The van der Waals surface area contributed by atoms with E-state index in [0.717, 1.165) is 62.5 Å². The van der Waals surface area contributed by atoms with Gasteiger partial charge in [0.2, 0.25) is 5.60 Å².